The molecule has 2 fully saturated rings. The summed E-state index contributed by atoms with van der Waals surface area (Å²) in [6, 6.07) is 0.413. The molecule has 17 heavy (non-hydrogen) atoms. The largest absolute Gasteiger partial charge is 0.352 e. The van der Waals surface area contributed by atoms with E-state index in [1.165, 1.54) is 25.7 Å². The fourth-order valence-electron chi connectivity index (χ4n) is 2.48. The lowest BCUT2D eigenvalue weighted by Gasteiger charge is -2.28. The van der Waals surface area contributed by atoms with Gasteiger partial charge in [-0.1, -0.05) is 6.42 Å². The first-order valence-corrected chi connectivity index (χ1v) is 8.09. The minimum Gasteiger partial charge on any atom is -0.352 e. The number of carbonyl (C=O) groups excluding carboxylic acids is 1. The van der Waals surface area contributed by atoms with Crippen LogP contribution in [0.4, 0.5) is 0 Å². The van der Waals surface area contributed by atoms with E-state index in [0.717, 1.165) is 30.6 Å². The maximum absolute atomic E-state index is 11.7. The summed E-state index contributed by atoms with van der Waals surface area (Å²) >= 11 is 1.94. The minimum atomic E-state index is 0.178. The highest BCUT2D eigenvalue weighted by Gasteiger charge is 2.23. The fourth-order valence-corrected chi connectivity index (χ4v) is 3.31. The molecule has 1 amide bonds. The Balaban J connectivity index is 1.59. The first-order valence-electron chi connectivity index (χ1n) is 6.81. The van der Waals surface area contributed by atoms with E-state index >= 15 is 0 Å². The van der Waals surface area contributed by atoms with E-state index in [1.54, 1.807) is 0 Å². The SMILES string of the molecule is CSC1CCCC(NC(=O)CNCC2CC2)C1. The summed E-state index contributed by atoms with van der Waals surface area (Å²) in [5.41, 5.74) is 0. The van der Waals surface area contributed by atoms with Crippen molar-refractivity contribution < 1.29 is 4.79 Å². The number of hydrogen-bond donors (Lipinski definition) is 2. The topological polar surface area (TPSA) is 41.1 Å². The maximum atomic E-state index is 11.7. The number of nitrogens with one attached hydrogen (secondary N) is 2. The van der Waals surface area contributed by atoms with E-state index in [1.807, 2.05) is 11.8 Å². The number of thioether (sulfide) groups is 1. The summed E-state index contributed by atoms with van der Waals surface area (Å²) in [5.74, 6) is 1.02. The Hall–Kier alpha value is -0.220. The number of rotatable bonds is 6. The first-order chi connectivity index (χ1) is 8.28. The molecule has 0 radical (unpaired) electrons. The molecule has 4 heteroatoms. The van der Waals surface area contributed by atoms with Gasteiger partial charge in [0.15, 0.2) is 0 Å². The van der Waals surface area contributed by atoms with Gasteiger partial charge in [0.25, 0.3) is 0 Å². The molecule has 2 aliphatic rings. The summed E-state index contributed by atoms with van der Waals surface area (Å²) in [5, 5.41) is 7.15. The van der Waals surface area contributed by atoms with E-state index in [2.05, 4.69) is 16.9 Å². The third-order valence-corrected chi connectivity index (χ3v) is 4.83. The van der Waals surface area contributed by atoms with Crippen molar-refractivity contribution in [1.29, 1.82) is 0 Å². The van der Waals surface area contributed by atoms with E-state index < -0.39 is 0 Å². The van der Waals surface area contributed by atoms with Crippen LogP contribution < -0.4 is 10.6 Å². The molecule has 0 aromatic carbocycles. The van der Waals surface area contributed by atoms with E-state index in [4.69, 9.17) is 0 Å². The average molecular weight is 256 g/mol. The molecule has 2 atom stereocenters. The Kier molecular flexibility index (Phi) is 5.16. The maximum Gasteiger partial charge on any atom is 0.234 e. The van der Waals surface area contributed by atoms with Gasteiger partial charge >= 0.3 is 0 Å². The van der Waals surface area contributed by atoms with Gasteiger partial charge < -0.3 is 10.6 Å². The molecule has 0 aromatic rings. The van der Waals surface area contributed by atoms with Gasteiger partial charge in [-0.25, -0.2) is 0 Å². The van der Waals surface area contributed by atoms with E-state index in [0.29, 0.717) is 12.6 Å². The van der Waals surface area contributed by atoms with Crippen molar-refractivity contribution >= 4 is 17.7 Å². The van der Waals surface area contributed by atoms with Crippen LogP contribution in [0.5, 0.6) is 0 Å². The fraction of sp³-hybridized carbons (Fsp3) is 0.923. The second-order valence-electron chi connectivity index (χ2n) is 5.36. The van der Waals surface area contributed by atoms with Crippen LogP contribution in [0.2, 0.25) is 0 Å². The van der Waals surface area contributed by atoms with Crippen molar-refractivity contribution in [2.75, 3.05) is 19.3 Å². The molecule has 2 saturated carbocycles. The Morgan fingerprint density at radius 3 is 2.82 bits per heavy atom. The van der Waals surface area contributed by atoms with E-state index in [-0.39, 0.29) is 5.91 Å². The second-order valence-corrected chi connectivity index (χ2v) is 6.50. The number of carbonyl (C=O) groups is 1. The molecule has 0 aromatic heterocycles. The van der Waals surface area contributed by atoms with Gasteiger partial charge in [0.05, 0.1) is 6.54 Å². The van der Waals surface area contributed by atoms with Gasteiger partial charge in [0, 0.05) is 11.3 Å². The van der Waals surface area contributed by atoms with Gasteiger partial charge in [0.1, 0.15) is 0 Å². The van der Waals surface area contributed by atoms with Crippen LogP contribution >= 0.6 is 11.8 Å². The molecular weight excluding hydrogens is 232 g/mol. The van der Waals surface area contributed by atoms with Crippen molar-refractivity contribution in [3.8, 4) is 0 Å². The minimum absolute atomic E-state index is 0.178. The Morgan fingerprint density at radius 1 is 1.29 bits per heavy atom. The van der Waals surface area contributed by atoms with Crippen molar-refractivity contribution in [3.05, 3.63) is 0 Å². The molecular formula is C13H24N2OS. The van der Waals surface area contributed by atoms with Crippen molar-refractivity contribution in [1.82, 2.24) is 10.6 Å². The highest BCUT2D eigenvalue weighted by molar-refractivity contribution is 7.99. The molecule has 2 N–H and O–H groups in total. The standard InChI is InChI=1S/C13H24N2OS/c1-17-12-4-2-3-11(7-12)15-13(16)9-14-8-10-5-6-10/h10-12,14H,2-9H2,1H3,(H,15,16). The number of amides is 1. The zero-order valence-electron chi connectivity index (χ0n) is 10.7. The van der Waals surface area contributed by atoms with Crippen LogP contribution in [-0.4, -0.2) is 36.5 Å². The summed E-state index contributed by atoms with van der Waals surface area (Å²) in [6.07, 6.45) is 9.73. The van der Waals surface area contributed by atoms with Gasteiger partial charge in [-0.05, 0) is 50.8 Å². The lowest BCUT2D eigenvalue weighted by atomic mass is 9.95. The quantitative estimate of drug-likeness (QED) is 0.761. The van der Waals surface area contributed by atoms with Gasteiger partial charge in [0.2, 0.25) is 5.91 Å². The molecule has 0 bridgehead atoms. The van der Waals surface area contributed by atoms with Crippen LogP contribution in [-0.2, 0) is 4.79 Å². The Labute approximate surface area is 108 Å². The normalized spacial score (nSPS) is 29.0. The summed E-state index contributed by atoms with van der Waals surface area (Å²) in [6.45, 7) is 1.52. The Morgan fingerprint density at radius 2 is 2.12 bits per heavy atom. The smallest absolute Gasteiger partial charge is 0.234 e. The first kappa shape index (κ1) is 13.2. The molecule has 0 spiro atoms. The van der Waals surface area contributed by atoms with Crippen molar-refractivity contribution in [2.24, 2.45) is 5.92 Å². The Bertz CT molecular complexity index is 256. The average Bonchev–Trinajstić information content (AvgIpc) is 3.13. The highest BCUT2D eigenvalue weighted by Crippen LogP contribution is 2.27. The molecule has 0 aliphatic heterocycles. The third-order valence-electron chi connectivity index (χ3n) is 3.74. The molecule has 0 saturated heterocycles. The van der Waals surface area contributed by atoms with Crippen molar-refractivity contribution in [3.63, 3.8) is 0 Å². The lowest BCUT2D eigenvalue weighted by molar-refractivity contribution is -0.121. The zero-order valence-corrected chi connectivity index (χ0v) is 11.5. The van der Waals surface area contributed by atoms with Crippen LogP contribution in [0, 0.1) is 5.92 Å². The summed E-state index contributed by atoms with van der Waals surface area (Å²) in [4.78, 5) is 11.7. The van der Waals surface area contributed by atoms with Gasteiger partial charge in [-0.15, -0.1) is 0 Å². The predicted octanol–water partition coefficient (Wildman–Crippen LogP) is 1.78. The molecule has 2 unspecified atom stereocenters. The summed E-state index contributed by atoms with van der Waals surface area (Å²) < 4.78 is 0. The molecule has 98 valence electrons. The zero-order chi connectivity index (χ0) is 12.1. The monoisotopic (exact) mass is 256 g/mol. The molecule has 2 rings (SSSR count). The molecule has 3 nitrogen and oxygen atoms in total. The third kappa shape index (κ3) is 4.88. The predicted molar refractivity (Wildman–Crippen MR) is 73.3 cm³/mol. The van der Waals surface area contributed by atoms with Gasteiger partial charge in [-0.2, -0.15) is 11.8 Å². The van der Waals surface area contributed by atoms with Gasteiger partial charge in [-0.3, -0.25) is 4.79 Å². The van der Waals surface area contributed by atoms with Crippen LogP contribution in [0.1, 0.15) is 38.5 Å². The lowest BCUT2D eigenvalue weighted by Crippen LogP contribution is -2.43. The van der Waals surface area contributed by atoms with Crippen LogP contribution in [0.15, 0.2) is 0 Å². The van der Waals surface area contributed by atoms with E-state index in [9.17, 15) is 4.79 Å². The molecule has 0 heterocycles. The van der Waals surface area contributed by atoms with Crippen molar-refractivity contribution in [2.45, 2.75) is 49.8 Å². The summed E-state index contributed by atoms with van der Waals surface area (Å²) in [7, 11) is 0. The van der Waals surface area contributed by atoms with Crippen LogP contribution in [0.3, 0.4) is 0 Å². The molecule has 2 aliphatic carbocycles. The number of hydrogen-bond acceptors (Lipinski definition) is 3. The highest BCUT2D eigenvalue weighted by atomic mass is 32.2. The van der Waals surface area contributed by atoms with Crippen LogP contribution in [0.25, 0.3) is 0 Å². The second kappa shape index (κ2) is 6.64.